The lowest BCUT2D eigenvalue weighted by Gasteiger charge is -2.31. The minimum absolute atomic E-state index is 0.0224. The van der Waals surface area contributed by atoms with Crippen LogP contribution in [-0.4, -0.2) is 36.4 Å². The van der Waals surface area contributed by atoms with E-state index in [0.29, 0.717) is 26.1 Å². The van der Waals surface area contributed by atoms with Gasteiger partial charge < -0.3 is 15.0 Å². The van der Waals surface area contributed by atoms with E-state index < -0.39 is 0 Å². The predicted octanol–water partition coefficient (Wildman–Crippen LogP) is 3.23. The van der Waals surface area contributed by atoms with Crippen LogP contribution >= 0.6 is 0 Å². The Hall–Kier alpha value is -2.30. The Bertz CT molecular complexity index is 587. The summed E-state index contributed by atoms with van der Waals surface area (Å²) in [6, 6.07) is 7.34. The van der Waals surface area contributed by atoms with Crippen molar-refractivity contribution < 1.29 is 14.3 Å². The van der Waals surface area contributed by atoms with Gasteiger partial charge in [0.2, 0.25) is 11.8 Å². The van der Waals surface area contributed by atoms with E-state index in [2.05, 4.69) is 11.9 Å². The molecule has 0 unspecified atom stereocenters. The van der Waals surface area contributed by atoms with Crippen molar-refractivity contribution in [3.63, 3.8) is 0 Å². The first-order valence-electron chi connectivity index (χ1n) is 8.45. The molecule has 0 aromatic heterocycles. The van der Waals surface area contributed by atoms with Crippen LogP contribution in [0.5, 0.6) is 5.75 Å². The van der Waals surface area contributed by atoms with Crippen LogP contribution in [0.2, 0.25) is 0 Å². The van der Waals surface area contributed by atoms with Gasteiger partial charge in [-0.2, -0.15) is 0 Å². The number of carbonyl (C=O) groups is 2. The SMILES string of the molecule is C=C(C)COc1ccc(NC(=O)C2CCN(C(=O)CC)CC2)cc1. The van der Waals surface area contributed by atoms with E-state index in [1.807, 2.05) is 43.0 Å². The Morgan fingerprint density at radius 3 is 2.42 bits per heavy atom. The molecule has 24 heavy (non-hydrogen) atoms. The Labute approximate surface area is 143 Å². The van der Waals surface area contributed by atoms with Crippen molar-refractivity contribution >= 4 is 17.5 Å². The third kappa shape index (κ3) is 5.11. The predicted molar refractivity (Wildman–Crippen MR) is 95.0 cm³/mol. The first kappa shape index (κ1) is 18.0. The number of carbonyl (C=O) groups excluding carboxylic acids is 2. The van der Waals surface area contributed by atoms with Crippen LogP contribution in [0.25, 0.3) is 0 Å². The molecule has 5 nitrogen and oxygen atoms in total. The highest BCUT2D eigenvalue weighted by Crippen LogP contribution is 2.21. The summed E-state index contributed by atoms with van der Waals surface area (Å²) in [5, 5.41) is 2.95. The summed E-state index contributed by atoms with van der Waals surface area (Å²) in [5.74, 6) is 0.904. The Morgan fingerprint density at radius 1 is 1.25 bits per heavy atom. The van der Waals surface area contributed by atoms with Crippen LogP contribution < -0.4 is 10.1 Å². The number of likely N-dealkylation sites (tertiary alicyclic amines) is 1. The molecule has 0 bridgehead atoms. The van der Waals surface area contributed by atoms with Gasteiger partial charge in [0.05, 0.1) is 0 Å². The average molecular weight is 330 g/mol. The van der Waals surface area contributed by atoms with Crippen molar-refractivity contribution in [2.24, 2.45) is 5.92 Å². The minimum Gasteiger partial charge on any atom is -0.489 e. The fourth-order valence-corrected chi connectivity index (χ4v) is 2.70. The first-order chi connectivity index (χ1) is 11.5. The number of hydrogen-bond acceptors (Lipinski definition) is 3. The Kier molecular flexibility index (Phi) is 6.41. The summed E-state index contributed by atoms with van der Waals surface area (Å²) in [7, 11) is 0. The second kappa shape index (κ2) is 8.52. The van der Waals surface area contributed by atoms with Crippen LogP contribution in [0, 0.1) is 5.92 Å². The maximum Gasteiger partial charge on any atom is 0.227 e. The van der Waals surface area contributed by atoms with Gasteiger partial charge in [0.15, 0.2) is 0 Å². The molecule has 0 saturated carbocycles. The van der Waals surface area contributed by atoms with E-state index in [0.717, 1.165) is 29.9 Å². The van der Waals surface area contributed by atoms with E-state index in [4.69, 9.17) is 4.74 Å². The molecule has 130 valence electrons. The van der Waals surface area contributed by atoms with Gasteiger partial charge >= 0.3 is 0 Å². The monoisotopic (exact) mass is 330 g/mol. The second-order valence-electron chi connectivity index (χ2n) is 6.27. The number of anilines is 1. The highest BCUT2D eigenvalue weighted by Gasteiger charge is 2.26. The maximum absolute atomic E-state index is 12.4. The number of benzene rings is 1. The average Bonchev–Trinajstić information content (AvgIpc) is 2.60. The lowest BCUT2D eigenvalue weighted by atomic mass is 9.95. The lowest BCUT2D eigenvalue weighted by molar-refractivity contribution is -0.134. The van der Waals surface area contributed by atoms with Crippen molar-refractivity contribution in [2.45, 2.75) is 33.1 Å². The molecule has 1 N–H and O–H groups in total. The van der Waals surface area contributed by atoms with Gasteiger partial charge in [-0.1, -0.05) is 13.5 Å². The molecule has 1 aromatic carbocycles. The fourth-order valence-electron chi connectivity index (χ4n) is 2.70. The summed E-state index contributed by atoms with van der Waals surface area (Å²) >= 11 is 0. The van der Waals surface area contributed by atoms with Gasteiger partial charge in [-0.25, -0.2) is 0 Å². The number of rotatable bonds is 6. The third-order valence-electron chi connectivity index (χ3n) is 4.13. The van der Waals surface area contributed by atoms with Crippen molar-refractivity contribution in [1.82, 2.24) is 4.90 Å². The van der Waals surface area contributed by atoms with E-state index >= 15 is 0 Å². The number of nitrogens with one attached hydrogen (secondary N) is 1. The smallest absolute Gasteiger partial charge is 0.227 e. The summed E-state index contributed by atoms with van der Waals surface area (Å²) in [6.07, 6.45) is 1.96. The lowest BCUT2D eigenvalue weighted by Crippen LogP contribution is -2.41. The number of ether oxygens (including phenoxy) is 1. The Morgan fingerprint density at radius 2 is 1.88 bits per heavy atom. The van der Waals surface area contributed by atoms with E-state index in [9.17, 15) is 9.59 Å². The second-order valence-corrected chi connectivity index (χ2v) is 6.27. The number of amides is 2. The van der Waals surface area contributed by atoms with Gasteiger partial charge in [0.1, 0.15) is 12.4 Å². The largest absolute Gasteiger partial charge is 0.489 e. The molecule has 1 aromatic rings. The summed E-state index contributed by atoms with van der Waals surface area (Å²) in [5.41, 5.74) is 1.72. The topological polar surface area (TPSA) is 58.6 Å². The van der Waals surface area contributed by atoms with Crippen molar-refractivity contribution in [3.05, 3.63) is 36.4 Å². The van der Waals surface area contributed by atoms with Crippen molar-refractivity contribution in [3.8, 4) is 5.75 Å². The van der Waals surface area contributed by atoms with E-state index in [1.165, 1.54) is 0 Å². The normalized spacial score (nSPS) is 15.0. The zero-order valence-corrected chi connectivity index (χ0v) is 14.5. The summed E-state index contributed by atoms with van der Waals surface area (Å²) in [6.45, 7) is 9.39. The van der Waals surface area contributed by atoms with E-state index in [-0.39, 0.29) is 17.7 Å². The first-order valence-corrected chi connectivity index (χ1v) is 8.45. The molecule has 0 spiro atoms. The molecule has 2 rings (SSSR count). The molecule has 1 aliphatic rings. The molecular formula is C19H26N2O3. The molecule has 1 saturated heterocycles. The maximum atomic E-state index is 12.4. The van der Waals surface area contributed by atoms with E-state index in [1.54, 1.807) is 0 Å². The molecule has 1 aliphatic heterocycles. The molecule has 0 aliphatic carbocycles. The zero-order valence-electron chi connectivity index (χ0n) is 14.5. The quantitative estimate of drug-likeness (QED) is 0.815. The van der Waals surface area contributed by atoms with Crippen LogP contribution in [0.1, 0.15) is 33.1 Å². The van der Waals surface area contributed by atoms with Gasteiger partial charge in [-0.05, 0) is 49.6 Å². The van der Waals surface area contributed by atoms with Gasteiger partial charge in [0.25, 0.3) is 0 Å². The van der Waals surface area contributed by atoms with Gasteiger partial charge in [0, 0.05) is 31.1 Å². The molecule has 0 radical (unpaired) electrons. The molecule has 2 amide bonds. The molecule has 1 heterocycles. The molecule has 1 fully saturated rings. The van der Waals surface area contributed by atoms with Crippen LogP contribution in [0.15, 0.2) is 36.4 Å². The number of nitrogens with zero attached hydrogens (tertiary/aromatic N) is 1. The van der Waals surface area contributed by atoms with Crippen molar-refractivity contribution in [1.29, 1.82) is 0 Å². The Balaban J connectivity index is 1.82. The standard InChI is InChI=1S/C19H26N2O3/c1-4-18(22)21-11-9-15(10-12-21)19(23)20-16-5-7-17(8-6-16)24-13-14(2)3/h5-8,15H,2,4,9-13H2,1,3H3,(H,20,23). The van der Waals surface area contributed by atoms with Crippen LogP contribution in [-0.2, 0) is 9.59 Å². The number of piperidine rings is 1. The summed E-state index contributed by atoms with van der Waals surface area (Å²) in [4.78, 5) is 25.9. The third-order valence-corrected chi connectivity index (χ3v) is 4.13. The zero-order chi connectivity index (χ0) is 17.5. The van der Waals surface area contributed by atoms with Gasteiger partial charge in [-0.3, -0.25) is 9.59 Å². The highest BCUT2D eigenvalue weighted by atomic mass is 16.5. The molecule has 5 heteroatoms. The highest BCUT2D eigenvalue weighted by molar-refractivity contribution is 5.92. The number of hydrogen-bond donors (Lipinski definition) is 1. The van der Waals surface area contributed by atoms with Crippen LogP contribution in [0.3, 0.4) is 0 Å². The van der Waals surface area contributed by atoms with Crippen LogP contribution in [0.4, 0.5) is 5.69 Å². The molecular weight excluding hydrogens is 304 g/mol. The fraction of sp³-hybridized carbons (Fsp3) is 0.474. The van der Waals surface area contributed by atoms with Crippen molar-refractivity contribution in [2.75, 3.05) is 25.0 Å². The molecule has 0 atom stereocenters. The van der Waals surface area contributed by atoms with Gasteiger partial charge in [-0.15, -0.1) is 0 Å². The minimum atomic E-state index is -0.0368. The summed E-state index contributed by atoms with van der Waals surface area (Å²) < 4.78 is 5.54.